The Hall–Kier alpha value is -1.29. The summed E-state index contributed by atoms with van der Waals surface area (Å²) >= 11 is 0. The minimum Gasteiger partial charge on any atom is -0.457 e. The van der Waals surface area contributed by atoms with E-state index in [1.165, 1.54) is 103 Å². The van der Waals surface area contributed by atoms with Crippen LogP contribution in [0.1, 0.15) is 181 Å². The maximum atomic E-state index is 12.3. The van der Waals surface area contributed by atoms with Gasteiger partial charge in [0.05, 0.1) is 26.4 Å². The van der Waals surface area contributed by atoms with Crippen molar-refractivity contribution >= 4 is 19.8 Å². The predicted molar refractivity (Wildman–Crippen MR) is 196 cm³/mol. The topological polar surface area (TPSA) is 149 Å². The quantitative estimate of drug-likeness (QED) is 0.0245. The molecule has 0 radical (unpaired) electrons. The van der Waals surface area contributed by atoms with Crippen LogP contribution in [0.15, 0.2) is 12.2 Å². The van der Waals surface area contributed by atoms with Crippen molar-refractivity contribution in [2.24, 2.45) is 0 Å². The molecule has 3 N–H and O–H groups in total. The molecule has 11 heteroatoms. The van der Waals surface area contributed by atoms with E-state index in [4.69, 9.17) is 18.5 Å². The summed E-state index contributed by atoms with van der Waals surface area (Å²) in [5.41, 5.74) is 0. The highest BCUT2D eigenvalue weighted by molar-refractivity contribution is 7.47. The third-order valence-corrected chi connectivity index (χ3v) is 9.43. The van der Waals surface area contributed by atoms with Crippen molar-refractivity contribution in [3.05, 3.63) is 12.2 Å². The largest absolute Gasteiger partial charge is 0.472 e. The van der Waals surface area contributed by atoms with Gasteiger partial charge < -0.3 is 24.6 Å². The molecule has 0 aromatic rings. The maximum absolute atomic E-state index is 12.3. The number of allylic oxidation sites excluding steroid dienone is 2. The summed E-state index contributed by atoms with van der Waals surface area (Å²) in [6.07, 6.45) is 30.7. The van der Waals surface area contributed by atoms with Gasteiger partial charge in [-0.05, 0) is 38.5 Å². The van der Waals surface area contributed by atoms with Gasteiger partial charge in [0.1, 0.15) is 12.2 Å². The Kier molecular flexibility index (Phi) is 34.2. The van der Waals surface area contributed by atoms with Crippen LogP contribution in [-0.4, -0.2) is 65.7 Å². The lowest BCUT2D eigenvalue weighted by molar-refractivity contribution is -0.153. The predicted octanol–water partition coefficient (Wildman–Crippen LogP) is 9.67. The summed E-state index contributed by atoms with van der Waals surface area (Å²) < 4.78 is 32.3. The summed E-state index contributed by atoms with van der Waals surface area (Å²) in [5, 5.41) is 19.0. The van der Waals surface area contributed by atoms with E-state index in [0.717, 1.165) is 38.5 Å². The van der Waals surface area contributed by atoms with Gasteiger partial charge in [0, 0.05) is 12.8 Å². The number of rotatable bonds is 37. The number of phosphoric ester groups is 1. The summed E-state index contributed by atoms with van der Waals surface area (Å²) in [5.74, 6) is -1.02. The van der Waals surface area contributed by atoms with Crippen molar-refractivity contribution in [2.75, 3.05) is 26.4 Å². The average Bonchev–Trinajstić information content (AvgIpc) is 3.09. The standard InChI is InChI=1S/C38H73O10P/c1-3-5-7-9-11-12-13-14-15-16-17-18-19-20-21-22-24-26-28-30-38(42)48-36(32-40)34-46-49(43,44)45-33-35(31-39)47-37(41)29-27-25-23-10-8-6-4-2/h14-15,35-36,39-40H,3-13,16-34H2,1-2H3,(H,43,44)/b15-14-. The fourth-order valence-corrected chi connectivity index (χ4v) is 6.19. The van der Waals surface area contributed by atoms with Crippen LogP contribution >= 0.6 is 7.82 Å². The minimum absolute atomic E-state index is 0.193. The molecule has 0 amide bonds. The van der Waals surface area contributed by atoms with Gasteiger partial charge in [-0.3, -0.25) is 18.6 Å². The first-order chi connectivity index (χ1) is 23.8. The molecule has 0 aliphatic rings. The van der Waals surface area contributed by atoms with E-state index in [1.807, 2.05) is 0 Å². The Morgan fingerprint density at radius 1 is 0.531 bits per heavy atom. The van der Waals surface area contributed by atoms with Gasteiger partial charge in [-0.15, -0.1) is 0 Å². The molecule has 0 aliphatic heterocycles. The first kappa shape index (κ1) is 47.7. The van der Waals surface area contributed by atoms with Crippen LogP contribution in [0.2, 0.25) is 0 Å². The lowest BCUT2D eigenvalue weighted by Crippen LogP contribution is -2.28. The van der Waals surface area contributed by atoms with Gasteiger partial charge in [-0.1, -0.05) is 142 Å². The Balaban J connectivity index is 3.88. The number of carbonyl (C=O) groups excluding carboxylic acids is 2. The monoisotopic (exact) mass is 720 g/mol. The van der Waals surface area contributed by atoms with Gasteiger partial charge in [-0.2, -0.15) is 0 Å². The summed E-state index contributed by atoms with van der Waals surface area (Å²) in [6, 6.07) is 0. The van der Waals surface area contributed by atoms with Crippen LogP contribution in [-0.2, 0) is 32.7 Å². The number of esters is 2. The van der Waals surface area contributed by atoms with E-state index >= 15 is 0 Å². The van der Waals surface area contributed by atoms with Crippen molar-refractivity contribution in [1.82, 2.24) is 0 Å². The van der Waals surface area contributed by atoms with Crippen molar-refractivity contribution < 1.29 is 47.8 Å². The number of aliphatic hydroxyl groups is 2. The molecule has 0 saturated carbocycles. The average molecular weight is 721 g/mol. The molecule has 3 atom stereocenters. The zero-order valence-electron chi connectivity index (χ0n) is 31.2. The normalized spacial score (nSPS) is 14.1. The number of unbranched alkanes of at least 4 members (excludes halogenated alkanes) is 21. The summed E-state index contributed by atoms with van der Waals surface area (Å²) in [4.78, 5) is 34.2. The molecule has 0 spiro atoms. The zero-order valence-corrected chi connectivity index (χ0v) is 32.1. The Morgan fingerprint density at radius 3 is 1.16 bits per heavy atom. The first-order valence-corrected chi connectivity index (χ1v) is 21.1. The molecule has 0 aromatic heterocycles. The van der Waals surface area contributed by atoms with Crippen LogP contribution in [0.4, 0.5) is 0 Å². The third-order valence-electron chi connectivity index (χ3n) is 8.48. The van der Waals surface area contributed by atoms with E-state index < -0.39 is 58.4 Å². The van der Waals surface area contributed by atoms with Crippen LogP contribution in [0.3, 0.4) is 0 Å². The van der Waals surface area contributed by atoms with Crippen molar-refractivity contribution in [3.8, 4) is 0 Å². The van der Waals surface area contributed by atoms with Gasteiger partial charge >= 0.3 is 19.8 Å². The van der Waals surface area contributed by atoms with Crippen molar-refractivity contribution in [1.29, 1.82) is 0 Å². The molecule has 0 heterocycles. The van der Waals surface area contributed by atoms with Gasteiger partial charge in [-0.25, -0.2) is 4.57 Å². The summed E-state index contributed by atoms with van der Waals surface area (Å²) in [7, 11) is -4.62. The Bertz CT molecular complexity index is 837. The molecule has 0 aliphatic carbocycles. The van der Waals surface area contributed by atoms with E-state index in [9.17, 15) is 29.3 Å². The molecule has 3 unspecified atom stereocenters. The highest BCUT2D eigenvalue weighted by atomic mass is 31.2. The lowest BCUT2D eigenvalue weighted by atomic mass is 10.1. The number of hydrogen-bond acceptors (Lipinski definition) is 9. The smallest absolute Gasteiger partial charge is 0.457 e. The minimum atomic E-state index is -4.62. The second-order valence-electron chi connectivity index (χ2n) is 13.3. The molecule has 0 rings (SSSR count). The van der Waals surface area contributed by atoms with Gasteiger partial charge in [0.15, 0.2) is 0 Å². The molecule has 0 bridgehead atoms. The van der Waals surface area contributed by atoms with Crippen LogP contribution in [0.5, 0.6) is 0 Å². The van der Waals surface area contributed by atoms with Crippen molar-refractivity contribution in [3.63, 3.8) is 0 Å². The van der Waals surface area contributed by atoms with Gasteiger partial charge in [0.2, 0.25) is 0 Å². The second-order valence-corrected chi connectivity index (χ2v) is 14.7. The highest BCUT2D eigenvalue weighted by Gasteiger charge is 2.27. The number of phosphoric acid groups is 1. The van der Waals surface area contributed by atoms with E-state index in [0.29, 0.717) is 12.8 Å². The molecule has 0 aromatic carbocycles. The molecular formula is C38H73O10P. The number of carbonyl (C=O) groups is 2. The SMILES string of the molecule is CCCCCCCC/C=C\CCCCCCCCCCCC(=O)OC(CO)COP(=O)(O)OCC(CO)OC(=O)CCCCCCCCC. The van der Waals surface area contributed by atoms with Gasteiger partial charge in [0.25, 0.3) is 0 Å². The Labute approximate surface area is 298 Å². The molecule has 0 saturated heterocycles. The molecule has 49 heavy (non-hydrogen) atoms. The Morgan fingerprint density at radius 2 is 0.837 bits per heavy atom. The van der Waals surface area contributed by atoms with E-state index in [-0.39, 0.29) is 12.8 Å². The number of ether oxygens (including phenoxy) is 2. The lowest BCUT2D eigenvalue weighted by Gasteiger charge is -2.20. The summed E-state index contributed by atoms with van der Waals surface area (Å²) in [6.45, 7) is 2.14. The maximum Gasteiger partial charge on any atom is 0.472 e. The molecule has 290 valence electrons. The fourth-order valence-electron chi connectivity index (χ4n) is 5.40. The second kappa shape index (κ2) is 35.1. The molecule has 0 fully saturated rings. The van der Waals surface area contributed by atoms with E-state index in [2.05, 4.69) is 26.0 Å². The van der Waals surface area contributed by atoms with Crippen LogP contribution in [0.25, 0.3) is 0 Å². The number of hydrogen-bond donors (Lipinski definition) is 3. The van der Waals surface area contributed by atoms with Crippen LogP contribution < -0.4 is 0 Å². The first-order valence-electron chi connectivity index (χ1n) is 19.6. The van der Waals surface area contributed by atoms with E-state index in [1.54, 1.807) is 0 Å². The molecular weight excluding hydrogens is 647 g/mol. The zero-order chi connectivity index (χ0) is 36.3. The fraction of sp³-hybridized carbons (Fsp3) is 0.895. The number of aliphatic hydroxyl groups excluding tert-OH is 2. The molecule has 10 nitrogen and oxygen atoms in total. The van der Waals surface area contributed by atoms with Crippen LogP contribution in [0, 0.1) is 0 Å². The third kappa shape index (κ3) is 33.6. The van der Waals surface area contributed by atoms with Crippen molar-refractivity contribution in [2.45, 2.75) is 193 Å². The highest BCUT2D eigenvalue weighted by Crippen LogP contribution is 2.43.